The number of fused-ring (bicyclic) bond motifs is 5. The fraction of sp³-hybridized carbons (Fsp3) is 0.457. The number of carbonyl (C=O) groups is 1. The Labute approximate surface area is 358 Å². The Balaban J connectivity index is 1.18. The molecule has 1 saturated carbocycles. The van der Waals surface area contributed by atoms with Crippen molar-refractivity contribution in [3.05, 3.63) is 82.8 Å². The third kappa shape index (κ3) is 7.75. The summed E-state index contributed by atoms with van der Waals surface area (Å²) in [5, 5.41) is 0.341. The molecule has 320 valence electrons. The molecule has 3 aliphatic heterocycles. The summed E-state index contributed by atoms with van der Waals surface area (Å²) < 4.78 is 54.6. The summed E-state index contributed by atoms with van der Waals surface area (Å²) >= 11 is -1.65. The summed E-state index contributed by atoms with van der Waals surface area (Å²) in [7, 11) is 3.29. The summed E-state index contributed by atoms with van der Waals surface area (Å²) in [5.41, 5.74) is 3.84. The Kier molecular flexibility index (Phi) is 10.6. The van der Waals surface area contributed by atoms with Gasteiger partial charge in [-0.25, -0.2) is 19.2 Å². The van der Waals surface area contributed by atoms with Gasteiger partial charge in [-0.3, -0.25) is 4.90 Å². The molecule has 2 aromatic carbocycles. The van der Waals surface area contributed by atoms with E-state index >= 15 is 4.39 Å². The average Bonchev–Trinajstić information content (AvgIpc) is 4.03. The minimum Gasteiger partial charge on any atom is -0.609 e. The van der Waals surface area contributed by atoms with Crippen molar-refractivity contribution in [2.45, 2.75) is 114 Å². The van der Waals surface area contributed by atoms with Crippen molar-refractivity contribution < 1.29 is 32.7 Å². The van der Waals surface area contributed by atoms with Crippen LogP contribution < -0.4 is 24.0 Å². The number of carbonyl (C=O) groups excluding carboxylic acids is 1. The molecule has 5 aromatic rings. The number of methoxy groups -OCH3 is 2. The molecule has 0 spiro atoms. The number of nitrogens with zero attached hydrogens (tertiary/aromatic N) is 7. The van der Waals surface area contributed by atoms with Crippen LogP contribution in [-0.4, -0.2) is 92.3 Å². The minimum atomic E-state index is -1.65. The van der Waals surface area contributed by atoms with Crippen LogP contribution in [0.25, 0.3) is 22.2 Å². The van der Waals surface area contributed by atoms with Gasteiger partial charge in [0.15, 0.2) is 11.6 Å². The van der Waals surface area contributed by atoms with E-state index in [0.717, 1.165) is 59.6 Å². The van der Waals surface area contributed by atoms with E-state index in [0.29, 0.717) is 42.2 Å². The number of hydrogen-bond donors (Lipinski definition) is 0. The van der Waals surface area contributed by atoms with Crippen LogP contribution in [0, 0.1) is 12.7 Å². The van der Waals surface area contributed by atoms with Crippen molar-refractivity contribution >= 4 is 39.8 Å². The van der Waals surface area contributed by atoms with Gasteiger partial charge < -0.3 is 33.3 Å². The molecule has 9 rings (SSSR count). The number of aromatic nitrogens is 4. The van der Waals surface area contributed by atoms with Crippen molar-refractivity contribution in [3.8, 4) is 28.6 Å². The lowest BCUT2D eigenvalue weighted by molar-refractivity contribution is 0.000947. The third-order valence-electron chi connectivity index (χ3n) is 12.2. The zero-order chi connectivity index (χ0) is 42.9. The average molecular weight is 850 g/mol. The molecule has 2 saturated heterocycles. The first-order chi connectivity index (χ1) is 29.2. The van der Waals surface area contributed by atoms with Crippen molar-refractivity contribution in [3.63, 3.8) is 0 Å². The molecule has 3 fully saturated rings. The molecule has 61 heavy (non-hydrogen) atoms. The minimum absolute atomic E-state index is 0.00365. The largest absolute Gasteiger partial charge is 0.609 e. The fourth-order valence-corrected chi connectivity index (χ4v) is 9.79. The maximum absolute atomic E-state index is 17.8. The highest BCUT2D eigenvalue weighted by molar-refractivity contribution is 7.90. The lowest BCUT2D eigenvalue weighted by Crippen LogP contribution is -2.65. The van der Waals surface area contributed by atoms with Crippen LogP contribution in [0.4, 0.5) is 20.8 Å². The highest BCUT2D eigenvalue weighted by Crippen LogP contribution is 2.50. The maximum atomic E-state index is 17.8. The second-order valence-electron chi connectivity index (χ2n) is 17.6. The van der Waals surface area contributed by atoms with E-state index in [9.17, 15) is 9.35 Å². The molecule has 2 bridgehead atoms. The predicted octanol–water partition coefficient (Wildman–Crippen LogP) is 8.11. The monoisotopic (exact) mass is 849 g/mol. The molecule has 0 N–H and O–H groups in total. The van der Waals surface area contributed by atoms with E-state index in [1.54, 1.807) is 14.2 Å². The van der Waals surface area contributed by atoms with E-state index in [4.69, 9.17) is 33.9 Å². The van der Waals surface area contributed by atoms with E-state index in [-0.39, 0.29) is 52.4 Å². The van der Waals surface area contributed by atoms with Crippen molar-refractivity contribution in [2.24, 2.45) is 0 Å². The number of rotatable bonds is 10. The Morgan fingerprint density at radius 2 is 1.59 bits per heavy atom. The number of pyridine rings is 2. The van der Waals surface area contributed by atoms with Gasteiger partial charge in [-0.1, -0.05) is 24.3 Å². The van der Waals surface area contributed by atoms with Crippen LogP contribution in [0.3, 0.4) is 0 Å². The summed E-state index contributed by atoms with van der Waals surface area (Å²) in [5.74, 6) is 2.33. The van der Waals surface area contributed by atoms with Gasteiger partial charge in [-0.2, -0.15) is 9.97 Å². The Morgan fingerprint density at radius 3 is 2.16 bits per heavy atom. The van der Waals surface area contributed by atoms with Gasteiger partial charge in [0.1, 0.15) is 51.9 Å². The van der Waals surface area contributed by atoms with Crippen molar-refractivity contribution in [1.82, 2.24) is 24.8 Å². The standard InChI is InChI=1S/C46H52FN7O6S/c1-25-36(29-13-14-29)33(21-35(48-25)52(22-27-9-16-31(57-6)17-10-27)23-28-11-18-32(58-7)19-12-28)39-38(47)40-37-42(51-44(50-40)61(8)56)53-24-30-15-20-34(41(53)26(2)59-43(37)49-39)54(30)45(55)60-46(3,4)5/h9-12,16-19,21,26,29-30,34,41H,13-15,20,22-24H2,1-8H3/t26-,30+,34-,41+,61?/m0/s1. The number of ether oxygens (including phenoxy) is 4. The van der Waals surface area contributed by atoms with Crippen LogP contribution in [0.1, 0.15) is 81.7 Å². The van der Waals surface area contributed by atoms with Crippen LogP contribution >= 0.6 is 0 Å². The van der Waals surface area contributed by atoms with Gasteiger partial charge in [0.25, 0.3) is 0 Å². The normalized spacial score (nSPS) is 21.1. The number of halogens is 1. The number of aryl methyl sites for hydroxylation is 1. The molecular weight excluding hydrogens is 798 g/mol. The first-order valence-electron chi connectivity index (χ1n) is 20.9. The first-order valence-corrected chi connectivity index (χ1v) is 22.5. The second-order valence-corrected chi connectivity index (χ2v) is 18.9. The number of piperazine rings is 1. The molecular formula is C46H52FN7O6S. The quantitative estimate of drug-likeness (QED) is 0.0992. The van der Waals surface area contributed by atoms with Gasteiger partial charge in [-0.05, 0) is 113 Å². The van der Waals surface area contributed by atoms with Gasteiger partial charge in [0.2, 0.25) is 5.88 Å². The van der Waals surface area contributed by atoms with Crippen LogP contribution in [0.5, 0.6) is 17.4 Å². The topological polar surface area (TPSA) is 138 Å². The van der Waals surface area contributed by atoms with E-state index in [2.05, 4.69) is 14.8 Å². The Hall–Kier alpha value is -5.41. The first kappa shape index (κ1) is 41.0. The highest BCUT2D eigenvalue weighted by atomic mass is 32.2. The summed E-state index contributed by atoms with van der Waals surface area (Å²) in [6.45, 7) is 10.9. The molecule has 1 amide bonds. The highest BCUT2D eigenvalue weighted by Gasteiger charge is 2.54. The van der Waals surface area contributed by atoms with Crippen molar-refractivity contribution in [2.75, 3.05) is 36.8 Å². The number of hydrogen-bond acceptors (Lipinski definition) is 12. The molecule has 3 aromatic heterocycles. The fourth-order valence-electron chi connectivity index (χ4n) is 9.36. The molecule has 4 aliphatic rings. The lowest BCUT2D eigenvalue weighted by Gasteiger charge is -2.48. The Morgan fingerprint density at radius 1 is 0.951 bits per heavy atom. The van der Waals surface area contributed by atoms with Gasteiger partial charge in [0, 0.05) is 42.1 Å². The second kappa shape index (κ2) is 15.8. The van der Waals surface area contributed by atoms with Gasteiger partial charge in [0.05, 0.1) is 32.3 Å². The molecule has 13 nitrogen and oxygen atoms in total. The zero-order valence-corrected chi connectivity index (χ0v) is 36.7. The third-order valence-corrected chi connectivity index (χ3v) is 12.9. The molecule has 15 heteroatoms. The molecule has 0 radical (unpaired) electrons. The number of benzene rings is 2. The summed E-state index contributed by atoms with van der Waals surface area (Å²) in [6, 6.07) is 17.0. The molecule has 1 unspecified atom stereocenters. The van der Waals surface area contributed by atoms with Crippen molar-refractivity contribution in [1.29, 1.82) is 0 Å². The molecule has 5 atom stereocenters. The van der Waals surface area contributed by atoms with Gasteiger partial charge >= 0.3 is 11.2 Å². The smallest absolute Gasteiger partial charge is 0.410 e. The number of amides is 1. The van der Waals surface area contributed by atoms with Crippen LogP contribution in [-0.2, 0) is 29.0 Å². The summed E-state index contributed by atoms with van der Waals surface area (Å²) in [4.78, 5) is 39.6. The zero-order valence-electron chi connectivity index (χ0n) is 35.9. The van der Waals surface area contributed by atoms with E-state index in [1.807, 2.05) is 94.1 Å². The molecule has 6 heterocycles. The SMILES string of the molecule is COc1ccc(CN(Cc2ccc(OC)cc2)c2cc(-c3nc4c5c(nc([S+](C)[O-])nc5c3F)N3C[C@H]5CC[C@@H]([C@H]3[C@H](C)O4)N5C(=O)OC(C)(C)C)c(C3CC3)c(C)n2)cc1. The van der Waals surface area contributed by atoms with Gasteiger partial charge in [-0.15, -0.1) is 0 Å². The van der Waals surface area contributed by atoms with E-state index < -0.39 is 28.7 Å². The van der Waals surface area contributed by atoms with E-state index in [1.165, 1.54) is 6.26 Å². The number of anilines is 2. The maximum Gasteiger partial charge on any atom is 0.410 e. The van der Waals surface area contributed by atoms with Crippen LogP contribution in [0.2, 0.25) is 0 Å². The van der Waals surface area contributed by atoms with Crippen LogP contribution in [0.15, 0.2) is 59.8 Å². The predicted molar refractivity (Wildman–Crippen MR) is 232 cm³/mol. The summed E-state index contributed by atoms with van der Waals surface area (Å²) in [6.07, 6.45) is 4.02. The molecule has 1 aliphatic carbocycles. The lowest BCUT2D eigenvalue weighted by atomic mass is 9.97. The Bertz CT molecular complexity index is 2430.